The van der Waals surface area contributed by atoms with Crippen molar-refractivity contribution in [3.8, 4) is 5.75 Å². The molecule has 138 valence electrons. The fourth-order valence-electron chi connectivity index (χ4n) is 4.35. The zero-order chi connectivity index (χ0) is 17.8. The second kappa shape index (κ2) is 8.19. The van der Waals surface area contributed by atoms with E-state index in [9.17, 15) is 4.79 Å². The average Bonchev–Trinajstić information content (AvgIpc) is 3.19. The van der Waals surface area contributed by atoms with Gasteiger partial charge >= 0.3 is 0 Å². The molecule has 0 heterocycles. The predicted octanol–water partition coefficient (Wildman–Crippen LogP) is 2.40. The van der Waals surface area contributed by atoms with Gasteiger partial charge in [-0.25, -0.2) is 0 Å². The minimum absolute atomic E-state index is 0.0183. The van der Waals surface area contributed by atoms with E-state index in [1.54, 1.807) is 7.11 Å². The van der Waals surface area contributed by atoms with Crippen LogP contribution in [0.15, 0.2) is 18.2 Å². The molecule has 3 rings (SSSR count). The van der Waals surface area contributed by atoms with E-state index in [2.05, 4.69) is 5.32 Å². The number of rotatable bonds is 8. The van der Waals surface area contributed by atoms with Gasteiger partial charge in [0.1, 0.15) is 5.75 Å². The summed E-state index contributed by atoms with van der Waals surface area (Å²) in [5.41, 5.74) is 8.43. The molecule has 2 fully saturated rings. The van der Waals surface area contributed by atoms with Gasteiger partial charge in [0.05, 0.1) is 12.5 Å². The van der Waals surface area contributed by atoms with E-state index in [0.29, 0.717) is 31.6 Å². The van der Waals surface area contributed by atoms with Crippen LogP contribution in [-0.4, -0.2) is 32.3 Å². The molecule has 1 aromatic rings. The summed E-state index contributed by atoms with van der Waals surface area (Å²) in [5.74, 6) is 1.94. The Kier molecular flexibility index (Phi) is 5.97. The Hall–Kier alpha value is -1.59. The van der Waals surface area contributed by atoms with Crippen molar-refractivity contribution < 1.29 is 14.3 Å². The first kappa shape index (κ1) is 18.2. The topological polar surface area (TPSA) is 73.6 Å². The lowest BCUT2D eigenvalue weighted by Crippen LogP contribution is -2.45. The molecule has 25 heavy (non-hydrogen) atoms. The Morgan fingerprint density at radius 2 is 2.08 bits per heavy atom. The number of aryl methyl sites for hydroxylation is 1. The summed E-state index contributed by atoms with van der Waals surface area (Å²) in [7, 11) is 1.69. The average molecular weight is 346 g/mol. The van der Waals surface area contributed by atoms with Gasteiger partial charge in [0.15, 0.2) is 0 Å². The van der Waals surface area contributed by atoms with Crippen LogP contribution in [0.3, 0.4) is 0 Å². The van der Waals surface area contributed by atoms with Crippen LogP contribution in [0.5, 0.6) is 5.75 Å². The summed E-state index contributed by atoms with van der Waals surface area (Å²) in [5, 5.41) is 3.09. The van der Waals surface area contributed by atoms with Crippen molar-refractivity contribution in [2.75, 3.05) is 20.3 Å². The Morgan fingerprint density at radius 3 is 2.80 bits per heavy atom. The molecule has 0 radical (unpaired) electrons. The third kappa shape index (κ3) is 4.15. The number of methoxy groups -OCH3 is 1. The summed E-state index contributed by atoms with van der Waals surface area (Å²) < 4.78 is 10.9. The molecule has 4 unspecified atom stereocenters. The number of carbonyl (C=O) groups excluding carboxylic acids is 1. The van der Waals surface area contributed by atoms with Crippen molar-refractivity contribution in [3.63, 3.8) is 0 Å². The third-order valence-corrected chi connectivity index (χ3v) is 5.71. The van der Waals surface area contributed by atoms with Crippen LogP contribution in [0.1, 0.15) is 36.8 Å². The molecule has 2 aliphatic carbocycles. The highest BCUT2D eigenvalue weighted by atomic mass is 16.5. The van der Waals surface area contributed by atoms with Crippen LogP contribution < -0.4 is 15.8 Å². The highest BCUT2D eigenvalue weighted by molar-refractivity contribution is 5.80. The quantitative estimate of drug-likeness (QED) is 0.709. The third-order valence-electron chi connectivity index (χ3n) is 5.71. The van der Waals surface area contributed by atoms with Crippen LogP contribution in [-0.2, 0) is 16.1 Å². The number of ether oxygens (including phenoxy) is 2. The number of nitrogens with two attached hydrogens (primary N) is 1. The minimum Gasteiger partial charge on any atom is -0.493 e. The first-order valence-electron chi connectivity index (χ1n) is 9.34. The van der Waals surface area contributed by atoms with E-state index in [0.717, 1.165) is 36.1 Å². The van der Waals surface area contributed by atoms with Crippen LogP contribution in [0.25, 0.3) is 0 Å². The Bertz CT molecular complexity index is 603. The summed E-state index contributed by atoms with van der Waals surface area (Å²) in [6.45, 7) is 3.81. The van der Waals surface area contributed by atoms with Crippen LogP contribution >= 0.6 is 0 Å². The lowest BCUT2D eigenvalue weighted by Gasteiger charge is -2.27. The first-order chi connectivity index (χ1) is 12.1. The molecule has 0 aliphatic heterocycles. The van der Waals surface area contributed by atoms with E-state index < -0.39 is 0 Å². The predicted molar refractivity (Wildman–Crippen MR) is 97.3 cm³/mol. The second-order valence-electron chi connectivity index (χ2n) is 7.46. The molecule has 2 aliphatic rings. The Labute approximate surface area is 150 Å². The zero-order valence-electron chi connectivity index (χ0n) is 15.3. The van der Waals surface area contributed by atoms with Crippen LogP contribution in [0.2, 0.25) is 0 Å². The number of amides is 1. The molecular weight excluding hydrogens is 316 g/mol. The second-order valence-corrected chi connectivity index (χ2v) is 7.46. The van der Waals surface area contributed by atoms with Gasteiger partial charge in [0.2, 0.25) is 5.91 Å². The number of carbonyl (C=O) groups is 1. The molecule has 1 amide bonds. The SMILES string of the molecule is COCCCOc1cc(C)ccc1CNC(=O)C1C2CCC(C2)C1N. The summed E-state index contributed by atoms with van der Waals surface area (Å²) >= 11 is 0. The monoisotopic (exact) mass is 346 g/mol. The molecule has 1 aromatic carbocycles. The molecule has 4 atom stereocenters. The van der Waals surface area contributed by atoms with Gasteiger partial charge in [0, 0.05) is 38.3 Å². The van der Waals surface area contributed by atoms with E-state index in [4.69, 9.17) is 15.2 Å². The van der Waals surface area contributed by atoms with Gasteiger partial charge in [-0.1, -0.05) is 12.1 Å². The molecule has 0 saturated heterocycles. The highest BCUT2D eigenvalue weighted by Crippen LogP contribution is 2.47. The van der Waals surface area contributed by atoms with Gasteiger partial charge in [-0.3, -0.25) is 4.79 Å². The summed E-state index contributed by atoms with van der Waals surface area (Å²) in [6.07, 6.45) is 4.30. The molecule has 5 heteroatoms. The fourth-order valence-corrected chi connectivity index (χ4v) is 4.35. The number of fused-ring (bicyclic) bond motifs is 2. The molecule has 0 spiro atoms. The number of hydrogen-bond donors (Lipinski definition) is 2. The largest absolute Gasteiger partial charge is 0.493 e. The number of nitrogens with one attached hydrogen (secondary N) is 1. The lowest BCUT2D eigenvalue weighted by molar-refractivity contribution is -0.127. The van der Waals surface area contributed by atoms with Gasteiger partial charge in [-0.2, -0.15) is 0 Å². The molecule has 3 N–H and O–H groups in total. The maximum Gasteiger partial charge on any atom is 0.225 e. The van der Waals surface area contributed by atoms with Crippen molar-refractivity contribution >= 4 is 5.91 Å². The van der Waals surface area contributed by atoms with Crippen molar-refractivity contribution in [2.24, 2.45) is 23.5 Å². The van der Waals surface area contributed by atoms with Gasteiger partial charge < -0.3 is 20.5 Å². The minimum atomic E-state index is -0.0183. The molecule has 2 saturated carbocycles. The van der Waals surface area contributed by atoms with Crippen LogP contribution in [0, 0.1) is 24.7 Å². The Balaban J connectivity index is 1.58. The van der Waals surface area contributed by atoms with Gasteiger partial charge in [-0.05, 0) is 49.7 Å². The van der Waals surface area contributed by atoms with E-state index >= 15 is 0 Å². The smallest absolute Gasteiger partial charge is 0.225 e. The molecule has 0 aromatic heterocycles. The Morgan fingerprint density at radius 1 is 1.28 bits per heavy atom. The normalized spacial score (nSPS) is 27.5. The summed E-state index contributed by atoms with van der Waals surface area (Å²) in [6, 6.07) is 6.13. The lowest BCUT2D eigenvalue weighted by atomic mass is 9.84. The van der Waals surface area contributed by atoms with E-state index in [1.807, 2.05) is 25.1 Å². The maximum absolute atomic E-state index is 12.6. The van der Waals surface area contributed by atoms with Gasteiger partial charge in [0.25, 0.3) is 0 Å². The zero-order valence-corrected chi connectivity index (χ0v) is 15.3. The molecular formula is C20H30N2O3. The van der Waals surface area contributed by atoms with Crippen molar-refractivity contribution in [1.29, 1.82) is 0 Å². The number of benzene rings is 1. The number of hydrogen-bond acceptors (Lipinski definition) is 4. The summed E-state index contributed by atoms with van der Waals surface area (Å²) in [4.78, 5) is 12.6. The molecule has 5 nitrogen and oxygen atoms in total. The fraction of sp³-hybridized carbons (Fsp3) is 0.650. The van der Waals surface area contributed by atoms with Crippen molar-refractivity contribution in [3.05, 3.63) is 29.3 Å². The first-order valence-corrected chi connectivity index (χ1v) is 9.34. The maximum atomic E-state index is 12.6. The highest BCUT2D eigenvalue weighted by Gasteiger charge is 2.48. The van der Waals surface area contributed by atoms with E-state index in [1.165, 1.54) is 6.42 Å². The van der Waals surface area contributed by atoms with Crippen molar-refractivity contribution in [2.45, 2.75) is 45.2 Å². The van der Waals surface area contributed by atoms with Gasteiger partial charge in [-0.15, -0.1) is 0 Å². The molecule has 2 bridgehead atoms. The van der Waals surface area contributed by atoms with Crippen molar-refractivity contribution in [1.82, 2.24) is 5.32 Å². The standard InChI is InChI=1S/C20H30N2O3/c1-13-4-5-16(17(10-13)25-9-3-8-24-2)12-22-20(23)18-14-6-7-15(11-14)19(18)21/h4-5,10,14-15,18-19H,3,6-9,11-12,21H2,1-2H3,(H,22,23). The van der Waals surface area contributed by atoms with E-state index in [-0.39, 0.29) is 17.9 Å². The van der Waals surface area contributed by atoms with Crippen LogP contribution in [0.4, 0.5) is 0 Å².